The third kappa shape index (κ3) is 5.27. The van der Waals surface area contributed by atoms with Gasteiger partial charge in [-0.1, -0.05) is 18.2 Å². The number of benzene rings is 1. The zero-order chi connectivity index (χ0) is 14.5. The molecule has 1 rings (SSSR count). The first-order valence-corrected chi connectivity index (χ1v) is 7.33. The molecule has 6 nitrogen and oxygen atoms in total. The number of nitrogens with one attached hydrogen (secondary N) is 1. The molecule has 0 aliphatic heterocycles. The van der Waals surface area contributed by atoms with Crippen LogP contribution < -0.4 is 9.46 Å². The van der Waals surface area contributed by atoms with Crippen LogP contribution in [0.25, 0.3) is 0 Å². The molecule has 1 unspecified atom stereocenters. The smallest absolute Gasteiger partial charge is 0.320 e. The molecule has 106 valence electrons. The van der Waals surface area contributed by atoms with E-state index in [0.29, 0.717) is 12.2 Å². The van der Waals surface area contributed by atoms with Crippen molar-refractivity contribution in [3.8, 4) is 5.75 Å². The van der Waals surface area contributed by atoms with Gasteiger partial charge < -0.3 is 9.84 Å². The van der Waals surface area contributed by atoms with E-state index in [-0.39, 0.29) is 0 Å². The second-order valence-corrected chi connectivity index (χ2v) is 5.94. The minimum atomic E-state index is -3.81. The Balaban J connectivity index is 2.70. The van der Waals surface area contributed by atoms with Crippen molar-refractivity contribution in [2.24, 2.45) is 0 Å². The fourth-order valence-corrected chi connectivity index (χ4v) is 2.86. The Morgan fingerprint density at radius 1 is 1.42 bits per heavy atom. The van der Waals surface area contributed by atoms with Crippen molar-refractivity contribution in [2.45, 2.75) is 19.4 Å². The molecule has 0 bridgehead atoms. The minimum Gasteiger partial charge on any atom is -0.496 e. The van der Waals surface area contributed by atoms with Crippen LogP contribution in [0.15, 0.2) is 24.3 Å². The van der Waals surface area contributed by atoms with E-state index in [4.69, 9.17) is 9.84 Å². The average Bonchev–Trinajstić information content (AvgIpc) is 2.26. The largest absolute Gasteiger partial charge is 0.496 e. The standard InChI is InChI=1S/C12H17NO5S/c1-9(13-19(16,17)8-12(14)15)7-10-5-3-4-6-11(10)18-2/h3-6,9,13H,7-8H2,1-2H3,(H,14,15). The van der Waals surface area contributed by atoms with Crippen molar-refractivity contribution in [2.75, 3.05) is 12.9 Å². The lowest BCUT2D eigenvalue weighted by Gasteiger charge is -2.15. The minimum absolute atomic E-state index is 0.416. The summed E-state index contributed by atoms with van der Waals surface area (Å²) >= 11 is 0. The molecule has 7 heteroatoms. The van der Waals surface area contributed by atoms with Crippen LogP contribution in [0.3, 0.4) is 0 Å². The summed E-state index contributed by atoms with van der Waals surface area (Å²) in [5, 5.41) is 8.49. The zero-order valence-corrected chi connectivity index (χ0v) is 11.6. The van der Waals surface area contributed by atoms with E-state index in [1.807, 2.05) is 18.2 Å². The number of carboxylic acids is 1. The zero-order valence-electron chi connectivity index (χ0n) is 10.8. The van der Waals surface area contributed by atoms with Crippen LogP contribution in [-0.2, 0) is 21.2 Å². The predicted molar refractivity (Wildman–Crippen MR) is 70.7 cm³/mol. The number of aliphatic carboxylic acids is 1. The van der Waals surface area contributed by atoms with Crippen LogP contribution in [0, 0.1) is 0 Å². The van der Waals surface area contributed by atoms with E-state index in [9.17, 15) is 13.2 Å². The van der Waals surface area contributed by atoms with Crippen molar-refractivity contribution >= 4 is 16.0 Å². The second-order valence-electron chi connectivity index (χ2n) is 4.19. The molecule has 0 saturated heterocycles. The molecule has 1 aromatic rings. The number of methoxy groups -OCH3 is 1. The van der Waals surface area contributed by atoms with E-state index in [2.05, 4.69) is 4.72 Å². The fraction of sp³-hybridized carbons (Fsp3) is 0.417. The number of hydrogen-bond acceptors (Lipinski definition) is 4. The SMILES string of the molecule is COc1ccccc1CC(C)NS(=O)(=O)CC(=O)O. The van der Waals surface area contributed by atoms with Crippen molar-refractivity contribution in [3.05, 3.63) is 29.8 Å². The van der Waals surface area contributed by atoms with Crippen LogP contribution in [-0.4, -0.2) is 38.4 Å². The quantitative estimate of drug-likeness (QED) is 0.767. The van der Waals surface area contributed by atoms with E-state index in [1.54, 1.807) is 13.0 Å². The highest BCUT2D eigenvalue weighted by molar-refractivity contribution is 7.90. The van der Waals surface area contributed by atoms with E-state index >= 15 is 0 Å². The first-order valence-electron chi connectivity index (χ1n) is 5.67. The fourth-order valence-electron chi connectivity index (χ4n) is 1.75. The van der Waals surface area contributed by atoms with Gasteiger partial charge in [0.1, 0.15) is 5.75 Å². The number of carboxylic acid groups (broad SMARTS) is 1. The number of para-hydroxylation sites is 1. The van der Waals surface area contributed by atoms with Gasteiger partial charge in [-0.15, -0.1) is 0 Å². The Morgan fingerprint density at radius 2 is 2.05 bits per heavy atom. The Bertz CT molecular complexity index is 541. The first kappa shape index (κ1) is 15.5. The summed E-state index contributed by atoms with van der Waals surface area (Å²) in [6.45, 7) is 1.67. The molecule has 2 N–H and O–H groups in total. The number of sulfonamides is 1. The summed E-state index contributed by atoms with van der Waals surface area (Å²) in [5.41, 5.74) is 0.857. The third-order valence-electron chi connectivity index (χ3n) is 2.41. The molecule has 0 aliphatic carbocycles. The number of ether oxygens (including phenoxy) is 1. The molecule has 0 saturated carbocycles. The Labute approximate surface area is 112 Å². The monoisotopic (exact) mass is 287 g/mol. The van der Waals surface area contributed by atoms with Crippen LogP contribution >= 0.6 is 0 Å². The number of carbonyl (C=O) groups is 1. The van der Waals surface area contributed by atoms with Gasteiger partial charge in [-0.05, 0) is 25.0 Å². The van der Waals surface area contributed by atoms with Crippen LogP contribution in [0.1, 0.15) is 12.5 Å². The first-order chi connectivity index (χ1) is 8.84. The van der Waals surface area contributed by atoms with E-state index in [0.717, 1.165) is 5.56 Å². The molecular formula is C12H17NO5S. The Morgan fingerprint density at radius 3 is 2.63 bits per heavy atom. The van der Waals surface area contributed by atoms with Gasteiger partial charge in [0.2, 0.25) is 10.0 Å². The van der Waals surface area contributed by atoms with Crippen molar-refractivity contribution in [1.82, 2.24) is 4.72 Å². The van der Waals surface area contributed by atoms with Gasteiger partial charge in [-0.25, -0.2) is 13.1 Å². The molecule has 0 aromatic heterocycles. The van der Waals surface area contributed by atoms with Crippen molar-refractivity contribution < 1.29 is 23.1 Å². The lowest BCUT2D eigenvalue weighted by molar-refractivity contribution is -0.134. The summed E-state index contributed by atoms with van der Waals surface area (Å²) in [5.74, 6) is -1.63. The molecule has 0 heterocycles. The number of rotatable bonds is 7. The van der Waals surface area contributed by atoms with E-state index in [1.165, 1.54) is 7.11 Å². The van der Waals surface area contributed by atoms with Gasteiger partial charge in [-0.2, -0.15) is 0 Å². The van der Waals surface area contributed by atoms with Gasteiger partial charge >= 0.3 is 5.97 Å². The molecule has 1 aromatic carbocycles. The normalized spacial score (nSPS) is 12.9. The Kier molecular flexibility index (Phi) is 5.31. The molecule has 0 spiro atoms. The third-order valence-corrected chi connectivity index (χ3v) is 3.80. The molecule has 0 amide bonds. The maximum absolute atomic E-state index is 11.5. The summed E-state index contributed by atoms with van der Waals surface area (Å²) in [7, 11) is -2.27. The number of hydrogen-bond donors (Lipinski definition) is 2. The average molecular weight is 287 g/mol. The summed E-state index contributed by atoms with van der Waals surface area (Å²) in [6, 6.07) is 6.85. The molecule has 0 aliphatic rings. The lowest BCUT2D eigenvalue weighted by atomic mass is 10.1. The van der Waals surface area contributed by atoms with Crippen molar-refractivity contribution in [3.63, 3.8) is 0 Å². The van der Waals surface area contributed by atoms with Gasteiger partial charge in [0.05, 0.1) is 7.11 Å². The topological polar surface area (TPSA) is 92.7 Å². The lowest BCUT2D eigenvalue weighted by Crippen LogP contribution is -2.37. The highest BCUT2D eigenvalue weighted by Gasteiger charge is 2.19. The van der Waals surface area contributed by atoms with Crippen LogP contribution in [0.4, 0.5) is 0 Å². The van der Waals surface area contributed by atoms with Gasteiger partial charge in [0.15, 0.2) is 5.75 Å². The van der Waals surface area contributed by atoms with Gasteiger partial charge in [0, 0.05) is 6.04 Å². The van der Waals surface area contributed by atoms with Gasteiger partial charge in [0.25, 0.3) is 0 Å². The highest BCUT2D eigenvalue weighted by atomic mass is 32.2. The van der Waals surface area contributed by atoms with Gasteiger partial charge in [-0.3, -0.25) is 4.79 Å². The molecular weight excluding hydrogens is 270 g/mol. The second kappa shape index (κ2) is 6.53. The van der Waals surface area contributed by atoms with Crippen LogP contribution in [0.5, 0.6) is 5.75 Å². The predicted octanol–water partition coefficient (Wildman–Crippen LogP) is 0.630. The molecule has 19 heavy (non-hydrogen) atoms. The maximum Gasteiger partial charge on any atom is 0.320 e. The summed E-state index contributed by atoms with van der Waals surface area (Å²) in [4.78, 5) is 10.4. The Hall–Kier alpha value is -1.60. The van der Waals surface area contributed by atoms with E-state index < -0.39 is 27.8 Å². The summed E-state index contributed by atoms with van der Waals surface area (Å²) in [6.07, 6.45) is 0.420. The molecule has 1 atom stereocenters. The summed E-state index contributed by atoms with van der Waals surface area (Å²) < 4.78 is 30.4. The highest BCUT2D eigenvalue weighted by Crippen LogP contribution is 2.18. The molecule has 0 fully saturated rings. The molecule has 0 radical (unpaired) electrons. The van der Waals surface area contributed by atoms with Crippen molar-refractivity contribution in [1.29, 1.82) is 0 Å². The van der Waals surface area contributed by atoms with Crippen LogP contribution in [0.2, 0.25) is 0 Å². The maximum atomic E-state index is 11.5.